The number of aromatic nitrogens is 2. The molecule has 1 aliphatic rings. The second-order valence-corrected chi connectivity index (χ2v) is 5.34. The third kappa shape index (κ3) is 4.36. The average molecular weight is 278 g/mol. The molecule has 110 valence electrons. The Kier molecular flexibility index (Phi) is 4.76. The number of nitrogens with zero attached hydrogens (tertiary/aromatic N) is 1. The SMILES string of the molecule is CCC(C)NC(=O)CCNc1cc(=O)[nH]c(C2CC2)n1. The fraction of sp³-hybridized carbons (Fsp3) is 0.643. The minimum absolute atomic E-state index is 0.0131. The van der Waals surface area contributed by atoms with Gasteiger partial charge in [0, 0.05) is 31.0 Å². The molecule has 3 N–H and O–H groups in total. The van der Waals surface area contributed by atoms with E-state index in [1.54, 1.807) is 0 Å². The number of anilines is 1. The van der Waals surface area contributed by atoms with Crippen molar-refractivity contribution >= 4 is 11.7 Å². The number of aromatic amines is 1. The molecule has 1 atom stereocenters. The lowest BCUT2D eigenvalue weighted by Crippen LogP contribution is -2.33. The summed E-state index contributed by atoms with van der Waals surface area (Å²) in [5, 5.41) is 5.94. The van der Waals surface area contributed by atoms with Crippen LogP contribution < -0.4 is 16.2 Å². The van der Waals surface area contributed by atoms with Crippen molar-refractivity contribution in [1.29, 1.82) is 0 Å². The van der Waals surface area contributed by atoms with Gasteiger partial charge in [-0.1, -0.05) is 6.92 Å². The molecule has 0 spiro atoms. The maximum absolute atomic E-state index is 11.6. The van der Waals surface area contributed by atoms with Crippen LogP contribution in [0.3, 0.4) is 0 Å². The highest BCUT2D eigenvalue weighted by Crippen LogP contribution is 2.37. The highest BCUT2D eigenvalue weighted by Gasteiger charge is 2.26. The van der Waals surface area contributed by atoms with Crippen LogP contribution in [-0.4, -0.2) is 28.5 Å². The summed E-state index contributed by atoms with van der Waals surface area (Å²) in [6, 6.07) is 1.63. The maximum Gasteiger partial charge on any atom is 0.252 e. The van der Waals surface area contributed by atoms with Crippen molar-refractivity contribution in [2.24, 2.45) is 0 Å². The molecular formula is C14H22N4O2. The van der Waals surface area contributed by atoms with Gasteiger partial charge in [-0.25, -0.2) is 4.98 Å². The van der Waals surface area contributed by atoms with Gasteiger partial charge < -0.3 is 15.6 Å². The number of hydrogen-bond acceptors (Lipinski definition) is 4. The first-order valence-electron chi connectivity index (χ1n) is 7.23. The van der Waals surface area contributed by atoms with Gasteiger partial charge in [0.1, 0.15) is 11.6 Å². The summed E-state index contributed by atoms with van der Waals surface area (Å²) in [7, 11) is 0. The molecule has 0 aliphatic heterocycles. The average Bonchev–Trinajstić information content (AvgIpc) is 3.22. The molecule has 1 aromatic heterocycles. The number of hydrogen-bond donors (Lipinski definition) is 3. The number of amides is 1. The highest BCUT2D eigenvalue weighted by molar-refractivity contribution is 5.76. The molecule has 6 nitrogen and oxygen atoms in total. The first kappa shape index (κ1) is 14.6. The molecule has 0 saturated heterocycles. The normalized spacial score (nSPS) is 15.7. The number of H-pyrrole nitrogens is 1. The van der Waals surface area contributed by atoms with E-state index in [9.17, 15) is 9.59 Å². The molecule has 6 heteroatoms. The van der Waals surface area contributed by atoms with Gasteiger partial charge in [-0.15, -0.1) is 0 Å². The monoisotopic (exact) mass is 278 g/mol. The summed E-state index contributed by atoms with van der Waals surface area (Å²) >= 11 is 0. The maximum atomic E-state index is 11.6. The van der Waals surface area contributed by atoms with Crippen LogP contribution in [0.15, 0.2) is 10.9 Å². The van der Waals surface area contributed by atoms with E-state index in [2.05, 4.69) is 20.6 Å². The second kappa shape index (κ2) is 6.54. The number of carbonyl (C=O) groups is 1. The fourth-order valence-corrected chi connectivity index (χ4v) is 1.87. The molecule has 1 aliphatic carbocycles. The zero-order valence-corrected chi connectivity index (χ0v) is 12.0. The minimum Gasteiger partial charge on any atom is -0.369 e. The van der Waals surface area contributed by atoms with Gasteiger partial charge >= 0.3 is 0 Å². The summed E-state index contributed by atoms with van der Waals surface area (Å²) in [5.41, 5.74) is -0.145. The summed E-state index contributed by atoms with van der Waals surface area (Å²) in [5.74, 6) is 1.72. The zero-order valence-electron chi connectivity index (χ0n) is 12.0. The number of nitrogens with one attached hydrogen (secondary N) is 3. The molecule has 1 saturated carbocycles. The van der Waals surface area contributed by atoms with E-state index in [1.807, 2.05) is 13.8 Å². The smallest absolute Gasteiger partial charge is 0.252 e. The second-order valence-electron chi connectivity index (χ2n) is 5.34. The van der Waals surface area contributed by atoms with Crippen molar-refractivity contribution in [2.75, 3.05) is 11.9 Å². The van der Waals surface area contributed by atoms with Crippen LogP contribution in [0.25, 0.3) is 0 Å². The van der Waals surface area contributed by atoms with Crippen LogP contribution in [0.5, 0.6) is 0 Å². The van der Waals surface area contributed by atoms with E-state index >= 15 is 0 Å². The molecule has 20 heavy (non-hydrogen) atoms. The fourth-order valence-electron chi connectivity index (χ4n) is 1.87. The highest BCUT2D eigenvalue weighted by atomic mass is 16.1. The summed E-state index contributed by atoms with van der Waals surface area (Å²) in [6.07, 6.45) is 3.46. The van der Waals surface area contributed by atoms with Crippen molar-refractivity contribution in [3.63, 3.8) is 0 Å². The lowest BCUT2D eigenvalue weighted by molar-refractivity contribution is -0.121. The van der Waals surface area contributed by atoms with Gasteiger partial charge in [-0.05, 0) is 26.2 Å². The van der Waals surface area contributed by atoms with E-state index < -0.39 is 0 Å². The first-order chi connectivity index (χ1) is 9.58. The Morgan fingerprint density at radius 3 is 2.95 bits per heavy atom. The van der Waals surface area contributed by atoms with Crippen molar-refractivity contribution in [2.45, 2.75) is 51.5 Å². The Labute approximate surface area is 118 Å². The minimum atomic E-state index is -0.145. The molecule has 0 radical (unpaired) electrons. The van der Waals surface area contributed by atoms with Gasteiger partial charge in [0.15, 0.2) is 0 Å². The third-order valence-electron chi connectivity index (χ3n) is 3.40. The van der Waals surface area contributed by atoms with Gasteiger partial charge in [-0.2, -0.15) is 0 Å². The third-order valence-corrected chi connectivity index (χ3v) is 3.40. The molecule has 0 bridgehead atoms. The van der Waals surface area contributed by atoms with Crippen LogP contribution in [0, 0.1) is 0 Å². The van der Waals surface area contributed by atoms with E-state index in [-0.39, 0.29) is 17.5 Å². The predicted octanol–water partition coefficient (Wildman–Crippen LogP) is 1.36. The first-order valence-corrected chi connectivity index (χ1v) is 7.23. The molecule has 1 heterocycles. The van der Waals surface area contributed by atoms with Crippen molar-refractivity contribution < 1.29 is 4.79 Å². The van der Waals surface area contributed by atoms with Crippen LogP contribution in [0.4, 0.5) is 5.82 Å². The van der Waals surface area contributed by atoms with E-state index in [4.69, 9.17) is 0 Å². The number of carbonyl (C=O) groups excluding carboxylic acids is 1. The van der Waals surface area contributed by atoms with Crippen LogP contribution in [0.1, 0.15) is 51.3 Å². The predicted molar refractivity (Wildman–Crippen MR) is 77.8 cm³/mol. The lowest BCUT2D eigenvalue weighted by Gasteiger charge is -2.11. The van der Waals surface area contributed by atoms with Crippen LogP contribution >= 0.6 is 0 Å². The van der Waals surface area contributed by atoms with Crippen LogP contribution in [0.2, 0.25) is 0 Å². The van der Waals surface area contributed by atoms with Crippen molar-refractivity contribution in [1.82, 2.24) is 15.3 Å². The summed E-state index contributed by atoms with van der Waals surface area (Å²) in [4.78, 5) is 30.3. The summed E-state index contributed by atoms with van der Waals surface area (Å²) in [6.45, 7) is 4.48. The summed E-state index contributed by atoms with van der Waals surface area (Å²) < 4.78 is 0. The van der Waals surface area contributed by atoms with Gasteiger partial charge in [-0.3, -0.25) is 9.59 Å². The van der Waals surface area contributed by atoms with Crippen LogP contribution in [-0.2, 0) is 4.79 Å². The Hall–Kier alpha value is -1.85. The lowest BCUT2D eigenvalue weighted by atomic mass is 10.2. The van der Waals surface area contributed by atoms with Gasteiger partial charge in [0.2, 0.25) is 5.91 Å². The Morgan fingerprint density at radius 1 is 1.55 bits per heavy atom. The molecule has 0 aromatic carbocycles. The Balaban J connectivity index is 1.82. The van der Waals surface area contributed by atoms with Gasteiger partial charge in [0.25, 0.3) is 5.56 Å². The molecule has 1 unspecified atom stereocenters. The Morgan fingerprint density at radius 2 is 2.30 bits per heavy atom. The largest absolute Gasteiger partial charge is 0.369 e. The van der Waals surface area contributed by atoms with Gasteiger partial charge in [0.05, 0.1) is 0 Å². The standard InChI is InChI=1S/C14H22N4O2/c1-3-9(2)16-12(19)6-7-15-11-8-13(20)18-14(17-11)10-4-5-10/h8-10H,3-7H2,1-2H3,(H,16,19)(H2,15,17,18,20). The van der Waals surface area contributed by atoms with Crippen molar-refractivity contribution in [3.05, 3.63) is 22.2 Å². The number of rotatable bonds is 7. The quantitative estimate of drug-likeness (QED) is 0.703. The molecule has 1 amide bonds. The molecule has 1 aromatic rings. The molecular weight excluding hydrogens is 256 g/mol. The van der Waals surface area contributed by atoms with E-state index in [1.165, 1.54) is 6.07 Å². The molecule has 1 fully saturated rings. The Bertz CT molecular complexity index is 522. The molecule has 2 rings (SSSR count). The van der Waals surface area contributed by atoms with E-state index in [0.29, 0.717) is 24.7 Å². The topological polar surface area (TPSA) is 86.9 Å². The van der Waals surface area contributed by atoms with Crippen molar-refractivity contribution in [3.8, 4) is 0 Å². The zero-order chi connectivity index (χ0) is 14.5. The van der Waals surface area contributed by atoms with E-state index in [0.717, 1.165) is 25.1 Å².